The van der Waals surface area contributed by atoms with Gasteiger partial charge in [-0.15, -0.1) is 0 Å². The lowest BCUT2D eigenvalue weighted by molar-refractivity contribution is -0.116. The Labute approximate surface area is 142 Å². The van der Waals surface area contributed by atoms with Crippen molar-refractivity contribution >= 4 is 21.6 Å². The summed E-state index contributed by atoms with van der Waals surface area (Å²) < 4.78 is 25.1. The van der Waals surface area contributed by atoms with Gasteiger partial charge < -0.3 is 5.32 Å². The molecule has 0 aliphatic carbocycles. The van der Waals surface area contributed by atoms with E-state index in [2.05, 4.69) is 10.3 Å². The van der Waals surface area contributed by atoms with E-state index in [-0.39, 0.29) is 25.4 Å². The van der Waals surface area contributed by atoms with E-state index in [0.29, 0.717) is 5.69 Å². The molecule has 2 aromatic rings. The number of aromatic nitrogens is 1. The summed E-state index contributed by atoms with van der Waals surface area (Å²) in [7, 11) is -3.41. The number of anilines is 1. The molecule has 6 nitrogen and oxygen atoms in total. The second-order valence-electron chi connectivity index (χ2n) is 5.62. The van der Waals surface area contributed by atoms with Crippen molar-refractivity contribution in [3.8, 4) is 0 Å². The maximum Gasteiger partial charge on any atom is 0.225 e. The second kappa shape index (κ2) is 8.03. The van der Waals surface area contributed by atoms with Crippen LogP contribution in [0.15, 0.2) is 48.8 Å². The molecule has 0 aliphatic rings. The first-order valence-electron chi connectivity index (χ1n) is 7.55. The summed E-state index contributed by atoms with van der Waals surface area (Å²) in [6.07, 6.45) is 4.47. The van der Waals surface area contributed by atoms with Gasteiger partial charge in [0.2, 0.25) is 15.9 Å². The number of sulfonamides is 1. The summed E-state index contributed by atoms with van der Waals surface area (Å²) in [6, 6.07) is 11.0. The Hall–Kier alpha value is -2.25. The van der Waals surface area contributed by atoms with E-state index in [1.165, 1.54) is 4.31 Å². The average Bonchev–Trinajstić information content (AvgIpc) is 2.53. The Morgan fingerprint density at radius 2 is 1.92 bits per heavy atom. The minimum absolute atomic E-state index is 0.0845. The van der Waals surface area contributed by atoms with Crippen molar-refractivity contribution in [3.05, 3.63) is 59.9 Å². The van der Waals surface area contributed by atoms with E-state index in [1.807, 2.05) is 31.2 Å². The quantitative estimate of drug-likeness (QED) is 0.832. The first-order chi connectivity index (χ1) is 11.3. The molecule has 2 rings (SSSR count). The maximum absolute atomic E-state index is 12.0. The molecule has 0 spiro atoms. The molecule has 0 atom stereocenters. The van der Waals surface area contributed by atoms with Crippen molar-refractivity contribution in [2.24, 2.45) is 0 Å². The Morgan fingerprint density at radius 3 is 2.50 bits per heavy atom. The summed E-state index contributed by atoms with van der Waals surface area (Å²) in [5.41, 5.74) is 2.58. The van der Waals surface area contributed by atoms with Crippen LogP contribution in [0.5, 0.6) is 0 Å². The van der Waals surface area contributed by atoms with Gasteiger partial charge in [0.15, 0.2) is 0 Å². The largest absolute Gasteiger partial charge is 0.326 e. The maximum atomic E-state index is 12.0. The lowest BCUT2D eigenvalue weighted by atomic mass is 10.2. The van der Waals surface area contributed by atoms with Gasteiger partial charge in [-0.25, -0.2) is 8.42 Å². The van der Waals surface area contributed by atoms with Crippen molar-refractivity contribution in [2.45, 2.75) is 19.9 Å². The van der Waals surface area contributed by atoms with Crippen LogP contribution in [0, 0.1) is 6.92 Å². The smallest absolute Gasteiger partial charge is 0.225 e. The number of hydrogen-bond donors (Lipinski definition) is 1. The summed E-state index contributed by atoms with van der Waals surface area (Å²) >= 11 is 0. The summed E-state index contributed by atoms with van der Waals surface area (Å²) in [4.78, 5) is 16.0. The first kappa shape index (κ1) is 18.1. The molecule has 0 saturated heterocycles. The number of carbonyl (C=O) groups excluding carboxylic acids is 1. The number of nitrogens with zero attached hydrogens (tertiary/aromatic N) is 2. The SMILES string of the molecule is Cc1ccc(NC(=O)CCN(Cc2cccnc2)S(C)(=O)=O)cc1. The highest BCUT2D eigenvalue weighted by Gasteiger charge is 2.18. The number of hydrogen-bond acceptors (Lipinski definition) is 4. The zero-order chi connectivity index (χ0) is 17.6. The number of pyridine rings is 1. The predicted octanol–water partition coefficient (Wildman–Crippen LogP) is 2.18. The second-order valence-corrected chi connectivity index (χ2v) is 7.60. The van der Waals surface area contributed by atoms with Crippen molar-refractivity contribution in [1.29, 1.82) is 0 Å². The van der Waals surface area contributed by atoms with Crippen LogP contribution >= 0.6 is 0 Å². The highest BCUT2D eigenvalue weighted by molar-refractivity contribution is 7.88. The van der Waals surface area contributed by atoms with Gasteiger partial charge in [0.25, 0.3) is 0 Å². The monoisotopic (exact) mass is 347 g/mol. The highest BCUT2D eigenvalue weighted by Crippen LogP contribution is 2.11. The van der Waals surface area contributed by atoms with Crippen LogP contribution in [0.25, 0.3) is 0 Å². The van der Waals surface area contributed by atoms with Gasteiger partial charge in [0, 0.05) is 37.6 Å². The van der Waals surface area contributed by atoms with Crippen molar-refractivity contribution in [1.82, 2.24) is 9.29 Å². The summed E-state index contributed by atoms with van der Waals surface area (Å²) in [5.74, 6) is -0.223. The predicted molar refractivity (Wildman–Crippen MR) is 93.9 cm³/mol. The van der Waals surface area contributed by atoms with Gasteiger partial charge in [-0.2, -0.15) is 4.31 Å². The fraction of sp³-hybridized carbons (Fsp3) is 0.294. The van der Waals surface area contributed by atoms with Crippen LogP contribution in [-0.4, -0.2) is 36.4 Å². The molecule has 128 valence electrons. The lowest BCUT2D eigenvalue weighted by Crippen LogP contribution is -2.32. The van der Waals surface area contributed by atoms with Crippen LogP contribution in [-0.2, 0) is 21.4 Å². The number of amides is 1. The molecule has 1 aromatic carbocycles. The summed E-state index contributed by atoms with van der Waals surface area (Å²) in [6.45, 7) is 2.28. The molecule has 1 aromatic heterocycles. The van der Waals surface area contributed by atoms with E-state index < -0.39 is 10.0 Å². The third-order valence-electron chi connectivity index (χ3n) is 3.47. The Balaban J connectivity index is 1.95. The van der Waals surface area contributed by atoms with Gasteiger partial charge in [-0.05, 0) is 30.7 Å². The first-order valence-corrected chi connectivity index (χ1v) is 9.40. The van der Waals surface area contributed by atoms with E-state index in [0.717, 1.165) is 17.4 Å². The third-order valence-corrected chi connectivity index (χ3v) is 4.72. The molecule has 7 heteroatoms. The van der Waals surface area contributed by atoms with Gasteiger partial charge in [0.1, 0.15) is 0 Å². The minimum Gasteiger partial charge on any atom is -0.326 e. The molecule has 24 heavy (non-hydrogen) atoms. The molecule has 0 saturated carbocycles. The lowest BCUT2D eigenvalue weighted by Gasteiger charge is -2.19. The van der Waals surface area contributed by atoms with Crippen molar-refractivity contribution in [2.75, 3.05) is 18.1 Å². The molecule has 0 unspecified atom stereocenters. The number of aryl methyl sites for hydroxylation is 1. The Morgan fingerprint density at radius 1 is 1.21 bits per heavy atom. The normalized spacial score (nSPS) is 11.5. The Kier molecular flexibility index (Phi) is 6.05. The topological polar surface area (TPSA) is 79.4 Å². The van der Waals surface area contributed by atoms with E-state index in [1.54, 1.807) is 24.5 Å². The average molecular weight is 347 g/mol. The van der Waals surface area contributed by atoms with Crippen molar-refractivity contribution < 1.29 is 13.2 Å². The Bertz CT molecular complexity index is 774. The number of rotatable bonds is 7. The molecule has 0 radical (unpaired) electrons. The summed E-state index contributed by atoms with van der Waals surface area (Å²) in [5, 5.41) is 2.77. The van der Waals surface area contributed by atoms with E-state index in [9.17, 15) is 13.2 Å². The molecule has 1 N–H and O–H groups in total. The van der Waals surface area contributed by atoms with E-state index >= 15 is 0 Å². The minimum atomic E-state index is -3.41. The van der Waals surface area contributed by atoms with E-state index in [4.69, 9.17) is 0 Å². The third kappa shape index (κ3) is 5.75. The fourth-order valence-electron chi connectivity index (χ4n) is 2.14. The standard InChI is InChI=1S/C17H21N3O3S/c1-14-5-7-16(8-6-14)19-17(21)9-11-20(24(2,22)23)13-15-4-3-10-18-12-15/h3-8,10,12H,9,11,13H2,1-2H3,(H,19,21). The van der Waals surface area contributed by atoms with Gasteiger partial charge in [0.05, 0.1) is 6.26 Å². The molecule has 1 heterocycles. The molecule has 1 amide bonds. The molecule has 0 bridgehead atoms. The molecule has 0 aliphatic heterocycles. The van der Waals surface area contributed by atoms with Crippen LogP contribution in [0.2, 0.25) is 0 Å². The van der Waals surface area contributed by atoms with Crippen LogP contribution in [0.1, 0.15) is 17.5 Å². The van der Waals surface area contributed by atoms with Crippen LogP contribution in [0.4, 0.5) is 5.69 Å². The fourth-order valence-corrected chi connectivity index (χ4v) is 2.95. The zero-order valence-corrected chi connectivity index (χ0v) is 14.6. The molecule has 0 fully saturated rings. The van der Waals surface area contributed by atoms with Crippen LogP contribution < -0.4 is 5.32 Å². The van der Waals surface area contributed by atoms with Gasteiger partial charge in [-0.3, -0.25) is 9.78 Å². The van der Waals surface area contributed by atoms with Gasteiger partial charge in [-0.1, -0.05) is 23.8 Å². The zero-order valence-electron chi connectivity index (χ0n) is 13.8. The highest BCUT2D eigenvalue weighted by atomic mass is 32.2. The number of nitrogens with one attached hydrogen (secondary N) is 1. The van der Waals surface area contributed by atoms with Gasteiger partial charge >= 0.3 is 0 Å². The molecular formula is C17H21N3O3S. The number of carbonyl (C=O) groups is 1. The number of benzene rings is 1. The van der Waals surface area contributed by atoms with Crippen LogP contribution in [0.3, 0.4) is 0 Å². The molecular weight excluding hydrogens is 326 g/mol. The van der Waals surface area contributed by atoms with Crippen molar-refractivity contribution in [3.63, 3.8) is 0 Å².